The Morgan fingerprint density at radius 3 is 2.70 bits per heavy atom. The largest absolute Gasteiger partial charge is 0.382 e. The zero-order valence-corrected chi connectivity index (χ0v) is 5.37. The lowest BCUT2D eigenvalue weighted by molar-refractivity contribution is 0.466. The minimum atomic E-state index is -4.03. The summed E-state index contributed by atoms with van der Waals surface area (Å²) >= 11 is 0. The van der Waals surface area contributed by atoms with Gasteiger partial charge < -0.3 is 4.18 Å². The molecule has 0 saturated heterocycles. The first kappa shape index (κ1) is 6.89. The van der Waals surface area contributed by atoms with Gasteiger partial charge in [-0.3, -0.25) is 0 Å². The van der Waals surface area contributed by atoms with Gasteiger partial charge in [-0.1, -0.05) is 10.2 Å². The van der Waals surface area contributed by atoms with Crippen LogP contribution >= 0.6 is 0 Å². The molecule has 0 atom stereocenters. The van der Waals surface area contributed by atoms with Crippen LogP contribution in [0.15, 0.2) is 0 Å². The van der Waals surface area contributed by atoms with Crippen molar-refractivity contribution in [1.82, 2.24) is 20.6 Å². The molecular formula is CH3N5O3S. The van der Waals surface area contributed by atoms with Crippen LogP contribution in [-0.2, 0) is 10.3 Å². The van der Waals surface area contributed by atoms with Crippen LogP contribution in [0.2, 0.25) is 0 Å². The first-order chi connectivity index (χ1) is 4.58. The van der Waals surface area contributed by atoms with Crippen LogP contribution in [0.1, 0.15) is 0 Å². The van der Waals surface area contributed by atoms with Gasteiger partial charge >= 0.3 is 16.3 Å². The molecule has 1 rings (SSSR count). The van der Waals surface area contributed by atoms with Crippen LogP contribution in [-0.4, -0.2) is 29.0 Å². The second kappa shape index (κ2) is 2.19. The summed E-state index contributed by atoms with van der Waals surface area (Å²) in [5.74, 6) is 0. The van der Waals surface area contributed by atoms with Gasteiger partial charge in [0.2, 0.25) is 0 Å². The third-order valence-corrected chi connectivity index (χ3v) is 0.898. The van der Waals surface area contributed by atoms with Crippen LogP contribution in [0.5, 0.6) is 6.01 Å². The molecule has 0 amide bonds. The molecule has 0 spiro atoms. The molecule has 0 bridgehead atoms. The summed E-state index contributed by atoms with van der Waals surface area (Å²) in [5.41, 5.74) is 0. The fourth-order valence-corrected chi connectivity index (χ4v) is 0.570. The summed E-state index contributed by atoms with van der Waals surface area (Å²) in [4.78, 5) is 0. The summed E-state index contributed by atoms with van der Waals surface area (Å²) in [7, 11) is -4.03. The first-order valence-corrected chi connectivity index (χ1v) is 3.51. The van der Waals surface area contributed by atoms with Gasteiger partial charge in [-0.25, -0.2) is 0 Å². The van der Waals surface area contributed by atoms with E-state index in [0.717, 1.165) is 0 Å². The van der Waals surface area contributed by atoms with Crippen LogP contribution in [0.3, 0.4) is 0 Å². The topological polar surface area (TPSA) is 124 Å². The maximum Gasteiger partial charge on any atom is 0.382 e. The summed E-state index contributed by atoms with van der Waals surface area (Å²) in [5, 5.41) is 15.8. The number of hydrogen-bond donors (Lipinski definition) is 2. The van der Waals surface area contributed by atoms with Gasteiger partial charge in [0, 0.05) is 0 Å². The number of nitrogens with zero attached hydrogens (tertiary/aromatic N) is 3. The molecule has 0 aliphatic rings. The van der Waals surface area contributed by atoms with E-state index >= 15 is 0 Å². The number of tetrazole rings is 1. The minimum Gasteiger partial charge on any atom is -0.328 e. The van der Waals surface area contributed by atoms with Crippen molar-refractivity contribution >= 4 is 10.3 Å². The number of hydrogen-bond acceptors (Lipinski definition) is 6. The second-order valence-corrected chi connectivity index (χ2v) is 2.42. The number of nitrogens with two attached hydrogens (primary N) is 1. The highest BCUT2D eigenvalue weighted by Gasteiger charge is 2.07. The molecule has 0 aliphatic carbocycles. The van der Waals surface area contributed by atoms with Crippen LogP contribution in [0, 0.1) is 0 Å². The minimum absolute atomic E-state index is 0.428. The van der Waals surface area contributed by atoms with Crippen molar-refractivity contribution in [1.29, 1.82) is 0 Å². The van der Waals surface area contributed by atoms with Gasteiger partial charge in [0.1, 0.15) is 0 Å². The van der Waals surface area contributed by atoms with Crippen LogP contribution < -0.4 is 9.32 Å². The summed E-state index contributed by atoms with van der Waals surface area (Å²) in [6.45, 7) is 0. The van der Waals surface area contributed by atoms with Gasteiger partial charge in [0.25, 0.3) is 0 Å². The third kappa shape index (κ3) is 1.95. The Labute approximate surface area is 55.6 Å². The monoisotopic (exact) mass is 165 g/mol. The highest BCUT2D eigenvalue weighted by Crippen LogP contribution is 1.95. The standard InChI is InChI=1S/CH3N5O3S/c2-10(7,8)9-1-3-5-6-4-1/h(H2,2,7,8)(H,3,4,5,6). The number of rotatable bonds is 2. The van der Waals surface area contributed by atoms with Gasteiger partial charge in [-0.2, -0.15) is 18.8 Å². The van der Waals surface area contributed by atoms with E-state index in [1.165, 1.54) is 0 Å². The van der Waals surface area contributed by atoms with Gasteiger partial charge in [-0.05, 0) is 5.21 Å². The molecule has 9 heteroatoms. The van der Waals surface area contributed by atoms with E-state index in [1.807, 2.05) is 5.21 Å². The third-order valence-electron chi connectivity index (χ3n) is 0.517. The van der Waals surface area contributed by atoms with Gasteiger partial charge in [0.15, 0.2) is 0 Å². The Morgan fingerprint density at radius 2 is 2.30 bits per heavy atom. The van der Waals surface area contributed by atoms with E-state index in [0.29, 0.717) is 0 Å². The van der Waals surface area contributed by atoms with Crippen molar-refractivity contribution in [3.8, 4) is 6.01 Å². The zero-order valence-electron chi connectivity index (χ0n) is 4.55. The van der Waals surface area contributed by atoms with E-state index in [9.17, 15) is 8.42 Å². The molecule has 0 aromatic carbocycles. The first-order valence-electron chi connectivity index (χ1n) is 2.03. The van der Waals surface area contributed by atoms with Gasteiger partial charge in [-0.15, -0.1) is 0 Å². The lowest BCUT2D eigenvalue weighted by atomic mass is 11.3. The molecule has 0 fully saturated rings. The highest BCUT2D eigenvalue weighted by atomic mass is 32.2. The predicted molar refractivity (Wildman–Crippen MR) is 27.9 cm³/mol. The van der Waals surface area contributed by atoms with Crippen molar-refractivity contribution in [3.05, 3.63) is 0 Å². The molecule has 8 nitrogen and oxygen atoms in total. The molecule has 0 saturated carbocycles. The van der Waals surface area contributed by atoms with Gasteiger partial charge in [0.05, 0.1) is 0 Å². The number of aromatic amines is 1. The van der Waals surface area contributed by atoms with Crippen LogP contribution in [0.4, 0.5) is 0 Å². The van der Waals surface area contributed by atoms with Crippen molar-refractivity contribution in [2.45, 2.75) is 0 Å². The fourth-order valence-electron chi connectivity index (χ4n) is 0.292. The maximum atomic E-state index is 10.1. The van der Waals surface area contributed by atoms with E-state index in [2.05, 4.69) is 24.7 Å². The second-order valence-electron chi connectivity index (χ2n) is 1.27. The molecule has 1 aromatic rings. The fraction of sp³-hybridized carbons (Fsp3) is 0. The molecule has 0 aliphatic heterocycles. The van der Waals surface area contributed by atoms with E-state index < -0.39 is 16.3 Å². The Hall–Kier alpha value is -1.22. The molecule has 56 valence electrons. The molecule has 10 heavy (non-hydrogen) atoms. The molecule has 1 heterocycles. The van der Waals surface area contributed by atoms with Crippen LogP contribution in [0.25, 0.3) is 0 Å². The number of aromatic nitrogens is 4. The average molecular weight is 165 g/mol. The normalized spacial score (nSPS) is 11.3. The maximum absolute atomic E-state index is 10.1. The predicted octanol–water partition coefficient (Wildman–Crippen LogP) is -2.22. The lowest BCUT2D eigenvalue weighted by Gasteiger charge is -1.91. The smallest absolute Gasteiger partial charge is 0.328 e. The number of nitrogens with one attached hydrogen (secondary N) is 1. The Morgan fingerprint density at radius 1 is 1.60 bits per heavy atom. The molecular weight excluding hydrogens is 162 g/mol. The Bertz CT molecular complexity index is 287. The van der Waals surface area contributed by atoms with Crippen molar-refractivity contribution in [2.75, 3.05) is 0 Å². The van der Waals surface area contributed by atoms with Crippen molar-refractivity contribution in [3.63, 3.8) is 0 Å². The quantitative estimate of drug-likeness (QED) is 0.511. The highest BCUT2D eigenvalue weighted by molar-refractivity contribution is 7.84. The average Bonchev–Trinajstić information content (AvgIpc) is 2.12. The molecule has 0 radical (unpaired) electrons. The summed E-state index contributed by atoms with van der Waals surface area (Å²) < 4.78 is 24.2. The summed E-state index contributed by atoms with van der Waals surface area (Å²) in [6.07, 6.45) is 0. The zero-order chi connectivity index (χ0) is 7.61. The summed E-state index contributed by atoms with van der Waals surface area (Å²) in [6, 6.07) is -0.428. The molecule has 1 aromatic heterocycles. The Balaban J connectivity index is 2.75. The lowest BCUT2D eigenvalue weighted by Crippen LogP contribution is -2.19. The molecule has 3 N–H and O–H groups in total. The van der Waals surface area contributed by atoms with E-state index in [-0.39, 0.29) is 0 Å². The van der Waals surface area contributed by atoms with E-state index in [4.69, 9.17) is 0 Å². The van der Waals surface area contributed by atoms with Crippen molar-refractivity contribution < 1.29 is 12.6 Å². The van der Waals surface area contributed by atoms with Crippen molar-refractivity contribution in [2.24, 2.45) is 5.14 Å². The Kier molecular flexibility index (Phi) is 1.51. The SMILES string of the molecule is NS(=O)(=O)Oc1nn[nH]n1. The van der Waals surface area contributed by atoms with E-state index in [1.54, 1.807) is 0 Å². The molecule has 0 unspecified atom stereocenters. The number of H-pyrrole nitrogens is 1.